The SMILES string of the molecule is CCC(=O)c1ccc(Oc2ccc(C(F)(F)C(C)(F)F)cc2)nc1. The topological polar surface area (TPSA) is 39.2 Å². The minimum Gasteiger partial charge on any atom is -0.439 e. The highest BCUT2D eigenvalue weighted by Gasteiger charge is 2.53. The van der Waals surface area contributed by atoms with E-state index in [0.29, 0.717) is 12.0 Å². The molecule has 0 unspecified atom stereocenters. The highest BCUT2D eigenvalue weighted by molar-refractivity contribution is 5.95. The van der Waals surface area contributed by atoms with Crippen LogP contribution in [0.2, 0.25) is 0 Å². The molecule has 2 aromatic rings. The van der Waals surface area contributed by atoms with Crippen molar-refractivity contribution in [2.45, 2.75) is 32.1 Å². The molecule has 3 nitrogen and oxygen atoms in total. The van der Waals surface area contributed by atoms with Gasteiger partial charge < -0.3 is 4.74 Å². The number of rotatable bonds is 6. The summed E-state index contributed by atoms with van der Waals surface area (Å²) in [5.41, 5.74) is -0.371. The molecule has 0 radical (unpaired) electrons. The molecule has 0 aliphatic rings. The molecule has 0 atom stereocenters. The van der Waals surface area contributed by atoms with Gasteiger partial charge in [-0.05, 0) is 30.3 Å². The van der Waals surface area contributed by atoms with E-state index in [1.54, 1.807) is 6.92 Å². The predicted molar refractivity (Wildman–Crippen MR) is 79.9 cm³/mol. The molecule has 1 heterocycles. The van der Waals surface area contributed by atoms with Gasteiger partial charge in [0.2, 0.25) is 5.88 Å². The van der Waals surface area contributed by atoms with Crippen LogP contribution in [0.5, 0.6) is 11.6 Å². The zero-order valence-corrected chi connectivity index (χ0v) is 13.0. The summed E-state index contributed by atoms with van der Waals surface area (Å²) in [5.74, 6) is -8.19. The van der Waals surface area contributed by atoms with E-state index < -0.39 is 17.4 Å². The number of carbonyl (C=O) groups excluding carboxylic acids is 1. The maximum absolute atomic E-state index is 13.5. The second kappa shape index (κ2) is 6.59. The summed E-state index contributed by atoms with van der Waals surface area (Å²) < 4.78 is 58.3. The lowest BCUT2D eigenvalue weighted by atomic mass is 10.0. The van der Waals surface area contributed by atoms with E-state index in [9.17, 15) is 22.4 Å². The third-order valence-electron chi connectivity index (χ3n) is 3.37. The van der Waals surface area contributed by atoms with E-state index in [2.05, 4.69) is 4.98 Å². The van der Waals surface area contributed by atoms with Crippen LogP contribution in [-0.4, -0.2) is 16.7 Å². The number of halogens is 4. The van der Waals surface area contributed by atoms with Crippen molar-refractivity contribution in [2.75, 3.05) is 0 Å². The van der Waals surface area contributed by atoms with Crippen molar-refractivity contribution in [3.8, 4) is 11.6 Å². The second-order valence-electron chi connectivity index (χ2n) is 5.25. The van der Waals surface area contributed by atoms with Crippen molar-refractivity contribution in [1.29, 1.82) is 0 Å². The number of carbonyl (C=O) groups is 1. The number of Topliss-reactive ketones (excluding diaryl/α,β-unsaturated/α-hetero) is 1. The van der Waals surface area contributed by atoms with Crippen LogP contribution in [0.25, 0.3) is 0 Å². The molecule has 0 fully saturated rings. The van der Waals surface area contributed by atoms with Crippen LogP contribution in [0, 0.1) is 0 Å². The van der Waals surface area contributed by atoms with Crippen LogP contribution in [0.15, 0.2) is 42.6 Å². The van der Waals surface area contributed by atoms with Crippen molar-refractivity contribution in [2.24, 2.45) is 0 Å². The van der Waals surface area contributed by atoms with Gasteiger partial charge in [0.1, 0.15) is 5.75 Å². The fourth-order valence-corrected chi connectivity index (χ4v) is 1.92. The number of hydrogen-bond acceptors (Lipinski definition) is 3. The molecular weight excluding hydrogens is 326 g/mol. The van der Waals surface area contributed by atoms with E-state index in [1.807, 2.05) is 0 Å². The molecule has 0 amide bonds. The number of pyridine rings is 1. The van der Waals surface area contributed by atoms with Gasteiger partial charge >= 0.3 is 11.8 Å². The van der Waals surface area contributed by atoms with E-state index >= 15 is 0 Å². The van der Waals surface area contributed by atoms with Gasteiger partial charge in [0, 0.05) is 36.7 Å². The number of aromatic nitrogens is 1. The van der Waals surface area contributed by atoms with Gasteiger partial charge in [-0.2, -0.15) is 17.6 Å². The molecule has 7 heteroatoms. The molecular formula is C17H15F4NO2. The normalized spacial score (nSPS) is 12.1. The van der Waals surface area contributed by atoms with E-state index in [1.165, 1.54) is 18.3 Å². The summed E-state index contributed by atoms with van der Waals surface area (Å²) >= 11 is 0. The van der Waals surface area contributed by atoms with Crippen LogP contribution < -0.4 is 4.74 Å². The standard InChI is InChI=1S/C17H15F4NO2/c1-3-14(23)11-4-9-15(22-10-11)24-13-7-5-12(6-8-13)17(20,21)16(2,18)19/h4-10H,3H2,1-2H3. The molecule has 0 bridgehead atoms. The molecule has 1 aromatic heterocycles. The number of hydrogen-bond donors (Lipinski definition) is 0. The number of nitrogens with zero attached hydrogens (tertiary/aromatic N) is 1. The number of alkyl halides is 4. The van der Waals surface area contributed by atoms with Gasteiger partial charge in [-0.1, -0.05) is 6.92 Å². The summed E-state index contributed by atoms with van der Waals surface area (Å²) in [6.07, 6.45) is 1.70. The van der Waals surface area contributed by atoms with E-state index in [-0.39, 0.29) is 24.3 Å². The molecule has 0 saturated heterocycles. The van der Waals surface area contributed by atoms with Crippen molar-refractivity contribution in [3.05, 3.63) is 53.7 Å². The molecule has 2 rings (SSSR count). The average molecular weight is 341 g/mol. The summed E-state index contributed by atoms with van der Waals surface area (Å²) in [4.78, 5) is 15.4. The van der Waals surface area contributed by atoms with Crippen LogP contribution >= 0.6 is 0 Å². The molecule has 0 aliphatic heterocycles. The molecule has 24 heavy (non-hydrogen) atoms. The minimum absolute atomic E-state index is 0.0684. The monoisotopic (exact) mass is 341 g/mol. The summed E-state index contributed by atoms with van der Waals surface area (Å²) in [5, 5.41) is 0. The highest BCUT2D eigenvalue weighted by Crippen LogP contribution is 2.42. The van der Waals surface area contributed by atoms with Gasteiger partial charge in [-0.15, -0.1) is 0 Å². The van der Waals surface area contributed by atoms with Crippen LogP contribution in [0.1, 0.15) is 36.2 Å². The fraction of sp³-hybridized carbons (Fsp3) is 0.294. The molecule has 1 aromatic carbocycles. The van der Waals surface area contributed by atoms with Crippen molar-refractivity contribution in [1.82, 2.24) is 4.98 Å². The third-order valence-corrected chi connectivity index (χ3v) is 3.37. The Labute approximate surface area is 136 Å². The van der Waals surface area contributed by atoms with Crippen molar-refractivity contribution < 1.29 is 27.1 Å². The fourth-order valence-electron chi connectivity index (χ4n) is 1.92. The first-order valence-corrected chi connectivity index (χ1v) is 7.18. The molecule has 0 aliphatic carbocycles. The second-order valence-corrected chi connectivity index (χ2v) is 5.25. The lowest BCUT2D eigenvalue weighted by Crippen LogP contribution is -2.34. The average Bonchev–Trinajstić information content (AvgIpc) is 2.54. The molecule has 128 valence electrons. The molecule has 0 N–H and O–H groups in total. The van der Waals surface area contributed by atoms with Crippen molar-refractivity contribution >= 4 is 5.78 Å². The Morgan fingerprint density at radius 1 is 1.08 bits per heavy atom. The lowest BCUT2D eigenvalue weighted by Gasteiger charge is -2.23. The van der Waals surface area contributed by atoms with Crippen LogP contribution in [0.3, 0.4) is 0 Å². The summed E-state index contributed by atoms with van der Waals surface area (Å²) in [6, 6.07) is 7.06. The number of benzene rings is 1. The lowest BCUT2D eigenvalue weighted by molar-refractivity contribution is -0.204. The number of ketones is 1. The Balaban J connectivity index is 2.13. The largest absolute Gasteiger partial charge is 0.439 e. The first-order chi connectivity index (χ1) is 11.1. The zero-order chi connectivity index (χ0) is 18.0. The first-order valence-electron chi connectivity index (χ1n) is 7.18. The number of ether oxygens (including phenoxy) is 1. The van der Waals surface area contributed by atoms with Crippen LogP contribution in [-0.2, 0) is 5.92 Å². The molecule has 0 spiro atoms. The minimum atomic E-state index is -4.27. The van der Waals surface area contributed by atoms with E-state index in [0.717, 1.165) is 24.3 Å². The Bertz CT molecular complexity index is 707. The smallest absolute Gasteiger partial charge is 0.335 e. The van der Waals surface area contributed by atoms with Crippen molar-refractivity contribution in [3.63, 3.8) is 0 Å². The first kappa shape index (κ1) is 17.9. The third kappa shape index (κ3) is 3.72. The maximum Gasteiger partial charge on any atom is 0.335 e. The quantitative estimate of drug-likeness (QED) is 0.534. The van der Waals surface area contributed by atoms with Gasteiger partial charge in [0.15, 0.2) is 5.78 Å². The van der Waals surface area contributed by atoms with Gasteiger partial charge in [0.25, 0.3) is 0 Å². The summed E-state index contributed by atoms with van der Waals surface area (Å²) in [6.45, 7) is 1.89. The zero-order valence-electron chi connectivity index (χ0n) is 13.0. The predicted octanol–water partition coefficient (Wildman–Crippen LogP) is 5.21. The van der Waals surface area contributed by atoms with Gasteiger partial charge in [-0.3, -0.25) is 4.79 Å². The maximum atomic E-state index is 13.5. The Kier molecular flexibility index (Phi) is 4.91. The summed E-state index contributed by atoms with van der Waals surface area (Å²) in [7, 11) is 0. The van der Waals surface area contributed by atoms with Gasteiger partial charge in [-0.25, -0.2) is 4.98 Å². The Morgan fingerprint density at radius 2 is 1.71 bits per heavy atom. The van der Waals surface area contributed by atoms with Crippen LogP contribution in [0.4, 0.5) is 17.6 Å². The Morgan fingerprint density at radius 3 is 2.17 bits per heavy atom. The van der Waals surface area contributed by atoms with E-state index in [4.69, 9.17) is 4.74 Å². The highest BCUT2D eigenvalue weighted by atomic mass is 19.3. The van der Waals surface area contributed by atoms with Gasteiger partial charge in [0.05, 0.1) is 0 Å². The Hall–Kier alpha value is -2.44. The molecule has 0 saturated carbocycles.